The number of ether oxygens (including phenoxy) is 1. The Labute approximate surface area is 78.8 Å². The molecule has 0 aliphatic carbocycles. The van der Waals surface area contributed by atoms with E-state index in [1.807, 2.05) is 47.0 Å². The average molecular weight is 214 g/mol. The van der Waals surface area contributed by atoms with E-state index in [1.165, 1.54) is 15.3 Å². The highest BCUT2D eigenvalue weighted by atomic mass is 32.2. The quantitative estimate of drug-likeness (QED) is 0.611. The summed E-state index contributed by atoms with van der Waals surface area (Å²) in [5.41, 5.74) is 0. The van der Waals surface area contributed by atoms with Crippen molar-refractivity contribution in [2.75, 3.05) is 27.1 Å². The van der Waals surface area contributed by atoms with E-state index in [-0.39, 0.29) is 0 Å². The Morgan fingerprint density at radius 3 is 1.80 bits per heavy atom. The zero-order valence-electron chi connectivity index (χ0n) is 5.58. The SMILES string of the molecule is C1OCSCSCSCS1. The molecule has 1 saturated heterocycles. The van der Waals surface area contributed by atoms with E-state index in [9.17, 15) is 0 Å². The lowest BCUT2D eigenvalue weighted by Gasteiger charge is -2.06. The second-order valence-electron chi connectivity index (χ2n) is 1.61. The fraction of sp³-hybridized carbons (Fsp3) is 1.00. The molecule has 0 N–H and O–H groups in total. The van der Waals surface area contributed by atoms with Crippen LogP contribution in [-0.2, 0) is 4.74 Å². The Bertz CT molecular complexity index is 46.8. The van der Waals surface area contributed by atoms with Gasteiger partial charge in [-0.2, -0.15) is 0 Å². The van der Waals surface area contributed by atoms with Gasteiger partial charge in [0.05, 0.1) is 11.9 Å². The van der Waals surface area contributed by atoms with Gasteiger partial charge in [0.1, 0.15) is 0 Å². The highest BCUT2D eigenvalue weighted by Crippen LogP contribution is 2.23. The molecule has 1 aliphatic heterocycles. The first-order valence-corrected chi connectivity index (χ1v) is 7.51. The fourth-order valence-corrected chi connectivity index (χ4v) is 4.70. The molecule has 0 aromatic rings. The Morgan fingerprint density at radius 1 is 0.700 bits per heavy atom. The van der Waals surface area contributed by atoms with Crippen molar-refractivity contribution in [2.45, 2.75) is 0 Å². The lowest BCUT2D eigenvalue weighted by Crippen LogP contribution is -1.92. The largest absolute Gasteiger partial charge is 0.360 e. The minimum Gasteiger partial charge on any atom is -0.360 e. The van der Waals surface area contributed by atoms with Gasteiger partial charge in [-0.15, -0.1) is 47.0 Å². The lowest BCUT2D eigenvalue weighted by atomic mass is 11.5. The van der Waals surface area contributed by atoms with Crippen LogP contribution in [0.25, 0.3) is 0 Å². The summed E-state index contributed by atoms with van der Waals surface area (Å²) in [6.07, 6.45) is 0. The number of hydrogen-bond donors (Lipinski definition) is 0. The van der Waals surface area contributed by atoms with Crippen molar-refractivity contribution < 1.29 is 4.74 Å². The summed E-state index contributed by atoms with van der Waals surface area (Å²) in [6.45, 7) is 0. The topological polar surface area (TPSA) is 9.23 Å². The molecule has 1 nitrogen and oxygen atoms in total. The second kappa shape index (κ2) is 7.03. The maximum atomic E-state index is 5.31. The van der Waals surface area contributed by atoms with E-state index in [4.69, 9.17) is 4.74 Å². The molecule has 1 aliphatic rings. The maximum absolute atomic E-state index is 5.31. The summed E-state index contributed by atoms with van der Waals surface area (Å²) in [5.74, 6) is 1.73. The predicted molar refractivity (Wildman–Crippen MR) is 55.8 cm³/mol. The first kappa shape index (κ1) is 9.45. The average Bonchev–Trinajstić information content (AvgIpc) is 2.01. The van der Waals surface area contributed by atoms with Crippen LogP contribution in [0, 0.1) is 0 Å². The standard InChI is InChI=1S/C5H10OS4/c1-6-2-8-4-10-5-9-3-7-1/h1-5H2. The summed E-state index contributed by atoms with van der Waals surface area (Å²) in [5, 5.41) is 3.59. The molecule has 0 aromatic carbocycles. The van der Waals surface area contributed by atoms with Gasteiger partial charge in [-0.05, 0) is 0 Å². The molecule has 0 aromatic heterocycles. The van der Waals surface area contributed by atoms with Crippen LogP contribution in [-0.4, -0.2) is 27.1 Å². The van der Waals surface area contributed by atoms with E-state index in [0.29, 0.717) is 0 Å². The minimum absolute atomic E-state index is 0.866. The molecule has 0 spiro atoms. The van der Waals surface area contributed by atoms with Crippen LogP contribution in [0.1, 0.15) is 0 Å². The number of thioether (sulfide) groups is 4. The highest BCUT2D eigenvalue weighted by Gasteiger charge is 1.96. The Hall–Kier alpha value is 1.36. The fourth-order valence-electron chi connectivity index (χ4n) is 0.465. The first-order valence-electron chi connectivity index (χ1n) is 2.89. The summed E-state index contributed by atoms with van der Waals surface area (Å²) < 4.78 is 5.31. The van der Waals surface area contributed by atoms with E-state index in [1.54, 1.807) is 0 Å². The van der Waals surface area contributed by atoms with Crippen LogP contribution < -0.4 is 0 Å². The molecule has 1 fully saturated rings. The van der Waals surface area contributed by atoms with Crippen LogP contribution in [0.3, 0.4) is 0 Å². The minimum atomic E-state index is 0.866. The van der Waals surface area contributed by atoms with Gasteiger partial charge in [0.2, 0.25) is 0 Å². The van der Waals surface area contributed by atoms with Crippen molar-refractivity contribution >= 4 is 47.0 Å². The van der Waals surface area contributed by atoms with Gasteiger partial charge in [0.15, 0.2) is 0 Å². The van der Waals surface area contributed by atoms with Crippen molar-refractivity contribution in [3.63, 3.8) is 0 Å². The first-order chi connectivity index (χ1) is 5.00. The molecular weight excluding hydrogens is 204 g/mol. The van der Waals surface area contributed by atoms with Gasteiger partial charge in [0.25, 0.3) is 0 Å². The molecule has 5 heteroatoms. The maximum Gasteiger partial charge on any atom is 0.0940 e. The monoisotopic (exact) mass is 214 g/mol. The third kappa shape index (κ3) is 5.07. The Kier molecular flexibility index (Phi) is 6.65. The molecular formula is C5H10OS4. The normalized spacial score (nSPS) is 24.0. The molecule has 0 amide bonds. The zero-order valence-corrected chi connectivity index (χ0v) is 8.84. The molecule has 10 heavy (non-hydrogen) atoms. The van der Waals surface area contributed by atoms with Gasteiger partial charge < -0.3 is 4.74 Å². The number of rotatable bonds is 0. The summed E-state index contributed by atoms with van der Waals surface area (Å²) in [4.78, 5) is 0. The van der Waals surface area contributed by atoms with Crippen molar-refractivity contribution in [3.05, 3.63) is 0 Å². The highest BCUT2D eigenvalue weighted by molar-refractivity contribution is 8.26. The van der Waals surface area contributed by atoms with Gasteiger partial charge in [-0.3, -0.25) is 0 Å². The molecule has 0 atom stereocenters. The molecule has 1 heterocycles. The van der Waals surface area contributed by atoms with Crippen molar-refractivity contribution in [2.24, 2.45) is 0 Å². The smallest absolute Gasteiger partial charge is 0.0940 e. The molecule has 0 unspecified atom stereocenters. The van der Waals surface area contributed by atoms with Crippen molar-refractivity contribution in [3.8, 4) is 0 Å². The lowest BCUT2D eigenvalue weighted by molar-refractivity contribution is 0.241. The van der Waals surface area contributed by atoms with Crippen LogP contribution in [0.4, 0.5) is 0 Å². The Morgan fingerprint density at radius 2 is 1.20 bits per heavy atom. The van der Waals surface area contributed by atoms with E-state index in [2.05, 4.69) is 0 Å². The van der Waals surface area contributed by atoms with Crippen molar-refractivity contribution in [1.29, 1.82) is 0 Å². The van der Waals surface area contributed by atoms with E-state index >= 15 is 0 Å². The Balaban J connectivity index is 2.00. The zero-order chi connectivity index (χ0) is 7.07. The van der Waals surface area contributed by atoms with Crippen LogP contribution >= 0.6 is 47.0 Å². The third-order valence-corrected chi connectivity index (χ3v) is 5.50. The molecule has 0 radical (unpaired) electrons. The molecule has 0 saturated carbocycles. The summed E-state index contributed by atoms with van der Waals surface area (Å²) >= 11 is 7.70. The molecule has 60 valence electrons. The van der Waals surface area contributed by atoms with Gasteiger partial charge in [0, 0.05) is 15.3 Å². The van der Waals surface area contributed by atoms with E-state index < -0.39 is 0 Å². The predicted octanol–water partition coefficient (Wildman–Crippen LogP) is 2.74. The summed E-state index contributed by atoms with van der Waals surface area (Å²) in [7, 11) is 0. The van der Waals surface area contributed by atoms with Crippen LogP contribution in [0.15, 0.2) is 0 Å². The number of hydrogen-bond acceptors (Lipinski definition) is 5. The second-order valence-corrected chi connectivity index (χ2v) is 6.54. The molecule has 0 bridgehead atoms. The molecule has 1 rings (SSSR count). The van der Waals surface area contributed by atoms with Crippen molar-refractivity contribution in [1.82, 2.24) is 0 Å². The van der Waals surface area contributed by atoms with Crippen LogP contribution in [0.2, 0.25) is 0 Å². The summed E-state index contributed by atoms with van der Waals surface area (Å²) in [6, 6.07) is 0. The third-order valence-electron chi connectivity index (χ3n) is 0.833. The van der Waals surface area contributed by atoms with Gasteiger partial charge in [-0.1, -0.05) is 0 Å². The van der Waals surface area contributed by atoms with Gasteiger partial charge >= 0.3 is 0 Å². The van der Waals surface area contributed by atoms with E-state index in [0.717, 1.165) is 11.9 Å². The van der Waals surface area contributed by atoms with Gasteiger partial charge in [-0.25, -0.2) is 0 Å². The van der Waals surface area contributed by atoms with Crippen LogP contribution in [0.5, 0.6) is 0 Å².